The number of rotatable bonds is 10. The number of hydrogen-bond acceptors (Lipinski definition) is 6. The number of anilines is 1. The molecule has 0 atom stereocenters. The zero-order valence-corrected chi connectivity index (χ0v) is 18.2. The van der Waals surface area contributed by atoms with Gasteiger partial charge in [0.1, 0.15) is 24.5 Å². The third kappa shape index (κ3) is 5.49. The van der Waals surface area contributed by atoms with Crippen molar-refractivity contribution in [1.29, 1.82) is 0 Å². The van der Waals surface area contributed by atoms with Crippen molar-refractivity contribution < 1.29 is 24.2 Å². The highest BCUT2D eigenvalue weighted by Crippen LogP contribution is 2.36. The molecule has 2 heterocycles. The Morgan fingerprint density at radius 1 is 1.06 bits per heavy atom. The first-order chi connectivity index (χ1) is 16.0. The van der Waals surface area contributed by atoms with Gasteiger partial charge in [0, 0.05) is 24.2 Å². The number of guanidine groups is 1. The van der Waals surface area contributed by atoms with Crippen LogP contribution in [0.25, 0.3) is 0 Å². The Hall–Kier alpha value is -3.88. The van der Waals surface area contributed by atoms with E-state index in [4.69, 9.17) is 9.84 Å². The fourth-order valence-corrected chi connectivity index (χ4v) is 3.91. The van der Waals surface area contributed by atoms with E-state index in [0.717, 1.165) is 24.1 Å². The number of hydrogen-bond donors (Lipinski definition) is 2. The average molecular weight is 450 g/mol. The number of amides is 2. The van der Waals surface area contributed by atoms with Crippen LogP contribution in [0, 0.1) is 0 Å². The lowest BCUT2D eigenvalue weighted by molar-refractivity contribution is -0.136. The third-order valence-electron chi connectivity index (χ3n) is 5.50. The molecule has 2 aromatic carbocycles. The Bertz CT molecular complexity index is 1070. The second kappa shape index (κ2) is 10.2. The summed E-state index contributed by atoms with van der Waals surface area (Å²) in [4.78, 5) is 43.1. The van der Waals surface area contributed by atoms with Crippen molar-refractivity contribution in [3.8, 4) is 5.75 Å². The number of para-hydroxylation sites is 2. The summed E-state index contributed by atoms with van der Waals surface area (Å²) >= 11 is 0. The molecule has 2 aliphatic rings. The Morgan fingerprint density at radius 3 is 2.67 bits per heavy atom. The zero-order chi connectivity index (χ0) is 23.2. The van der Waals surface area contributed by atoms with Crippen molar-refractivity contribution >= 4 is 35.1 Å². The fraction of sp³-hybridized carbons (Fsp3) is 0.333. The summed E-state index contributed by atoms with van der Waals surface area (Å²) < 4.78 is 5.94. The SMILES string of the molecule is O=C(O)CN(C(=O)CCCCCOc1cccc2c1N=C1NC(=O)CN1C2)c1ccccc1. The predicted octanol–water partition coefficient (Wildman–Crippen LogP) is 2.68. The number of benzene rings is 2. The number of nitrogens with zero attached hydrogens (tertiary/aromatic N) is 3. The second-order valence-corrected chi connectivity index (χ2v) is 7.97. The van der Waals surface area contributed by atoms with Crippen LogP contribution in [0.15, 0.2) is 53.5 Å². The molecular weight excluding hydrogens is 424 g/mol. The van der Waals surface area contributed by atoms with Gasteiger partial charge in [0.25, 0.3) is 0 Å². The molecule has 2 aromatic rings. The van der Waals surface area contributed by atoms with Gasteiger partial charge in [-0.3, -0.25) is 19.7 Å². The van der Waals surface area contributed by atoms with E-state index in [1.54, 1.807) is 24.3 Å². The molecule has 172 valence electrons. The van der Waals surface area contributed by atoms with Crippen molar-refractivity contribution in [2.24, 2.45) is 4.99 Å². The van der Waals surface area contributed by atoms with Gasteiger partial charge in [0.15, 0.2) is 0 Å². The molecule has 9 heteroatoms. The minimum atomic E-state index is -1.05. The lowest BCUT2D eigenvalue weighted by atomic mass is 10.1. The second-order valence-electron chi connectivity index (χ2n) is 7.97. The summed E-state index contributed by atoms with van der Waals surface area (Å²) in [5.41, 5.74) is 2.34. The van der Waals surface area contributed by atoms with Crippen molar-refractivity contribution in [2.75, 3.05) is 24.6 Å². The summed E-state index contributed by atoms with van der Waals surface area (Å²) in [6.07, 6.45) is 2.43. The normalized spacial score (nSPS) is 14.1. The van der Waals surface area contributed by atoms with Gasteiger partial charge < -0.3 is 19.6 Å². The molecule has 4 rings (SSSR count). The first-order valence-corrected chi connectivity index (χ1v) is 11.0. The highest BCUT2D eigenvalue weighted by Gasteiger charge is 2.30. The maximum Gasteiger partial charge on any atom is 0.323 e. The first kappa shape index (κ1) is 22.3. The van der Waals surface area contributed by atoms with Gasteiger partial charge >= 0.3 is 5.97 Å². The molecule has 1 saturated heterocycles. The molecule has 0 aliphatic carbocycles. The molecule has 33 heavy (non-hydrogen) atoms. The number of aliphatic carboxylic acids is 1. The van der Waals surface area contributed by atoms with Crippen LogP contribution in [0.2, 0.25) is 0 Å². The molecule has 0 aromatic heterocycles. The van der Waals surface area contributed by atoms with Gasteiger partial charge in [-0.1, -0.05) is 30.3 Å². The fourth-order valence-electron chi connectivity index (χ4n) is 3.91. The van der Waals surface area contributed by atoms with Crippen LogP contribution in [0.4, 0.5) is 11.4 Å². The summed E-state index contributed by atoms with van der Waals surface area (Å²) in [7, 11) is 0. The van der Waals surface area contributed by atoms with Crippen LogP contribution in [0.5, 0.6) is 5.75 Å². The molecule has 2 aliphatic heterocycles. The van der Waals surface area contributed by atoms with Gasteiger partial charge in [-0.25, -0.2) is 4.99 Å². The molecular formula is C24H26N4O5. The van der Waals surface area contributed by atoms with Crippen LogP contribution in [-0.2, 0) is 20.9 Å². The van der Waals surface area contributed by atoms with E-state index in [1.165, 1.54) is 4.90 Å². The topological polar surface area (TPSA) is 112 Å². The highest BCUT2D eigenvalue weighted by atomic mass is 16.5. The molecule has 2 N–H and O–H groups in total. The Balaban J connectivity index is 1.25. The number of carboxylic acids is 1. The van der Waals surface area contributed by atoms with E-state index in [0.29, 0.717) is 43.5 Å². The number of ether oxygens (including phenoxy) is 1. The van der Waals surface area contributed by atoms with Gasteiger partial charge in [0.05, 0.1) is 6.61 Å². The predicted molar refractivity (Wildman–Crippen MR) is 122 cm³/mol. The first-order valence-electron chi connectivity index (χ1n) is 11.0. The number of fused-ring (bicyclic) bond motifs is 2. The number of carbonyl (C=O) groups is 3. The van der Waals surface area contributed by atoms with Gasteiger partial charge in [-0.2, -0.15) is 0 Å². The van der Waals surface area contributed by atoms with Crippen LogP contribution in [0.1, 0.15) is 31.2 Å². The van der Waals surface area contributed by atoms with E-state index >= 15 is 0 Å². The summed E-state index contributed by atoms with van der Waals surface area (Å²) in [6.45, 7) is 1.05. The van der Waals surface area contributed by atoms with E-state index in [-0.39, 0.29) is 24.8 Å². The summed E-state index contributed by atoms with van der Waals surface area (Å²) in [6, 6.07) is 14.6. The average Bonchev–Trinajstić information content (AvgIpc) is 3.17. The number of carboxylic acid groups (broad SMARTS) is 1. The van der Waals surface area contributed by atoms with Crippen molar-refractivity contribution in [1.82, 2.24) is 10.2 Å². The largest absolute Gasteiger partial charge is 0.491 e. The van der Waals surface area contributed by atoms with Crippen LogP contribution >= 0.6 is 0 Å². The number of aliphatic imine (C=N–C) groups is 1. The van der Waals surface area contributed by atoms with E-state index < -0.39 is 5.97 Å². The maximum absolute atomic E-state index is 12.6. The lowest BCUT2D eigenvalue weighted by Gasteiger charge is -2.24. The smallest absolute Gasteiger partial charge is 0.323 e. The van der Waals surface area contributed by atoms with Crippen molar-refractivity contribution in [3.63, 3.8) is 0 Å². The Morgan fingerprint density at radius 2 is 1.88 bits per heavy atom. The molecule has 0 bridgehead atoms. The molecule has 0 radical (unpaired) electrons. The molecule has 0 spiro atoms. The van der Waals surface area contributed by atoms with Crippen LogP contribution in [-0.4, -0.2) is 53.4 Å². The van der Waals surface area contributed by atoms with Crippen LogP contribution < -0.4 is 15.0 Å². The molecule has 0 saturated carbocycles. The van der Waals surface area contributed by atoms with Gasteiger partial charge in [-0.05, 0) is 37.5 Å². The lowest BCUT2D eigenvalue weighted by Crippen LogP contribution is -2.35. The van der Waals surface area contributed by atoms with Crippen molar-refractivity contribution in [3.05, 3.63) is 54.1 Å². The zero-order valence-electron chi connectivity index (χ0n) is 18.2. The minimum Gasteiger partial charge on any atom is -0.491 e. The maximum atomic E-state index is 12.6. The van der Waals surface area contributed by atoms with Gasteiger partial charge in [-0.15, -0.1) is 0 Å². The number of nitrogens with one attached hydrogen (secondary N) is 1. The highest BCUT2D eigenvalue weighted by molar-refractivity contribution is 6.06. The monoisotopic (exact) mass is 450 g/mol. The Kier molecular flexibility index (Phi) is 6.87. The quantitative estimate of drug-likeness (QED) is 0.539. The number of carbonyl (C=O) groups excluding carboxylic acids is 2. The summed E-state index contributed by atoms with van der Waals surface area (Å²) in [5.74, 6) is -0.0796. The third-order valence-corrected chi connectivity index (χ3v) is 5.50. The summed E-state index contributed by atoms with van der Waals surface area (Å²) in [5, 5.41) is 11.9. The standard InChI is InChI=1S/C24H26N4O5/c29-20-15-27-14-17-8-7-11-19(23(17)26-24(27)25-20)33-13-6-2-5-12-21(30)28(16-22(31)32)18-9-3-1-4-10-18/h1,3-4,7-11H,2,5-6,12-16H2,(H,31,32)(H,25,26,29). The van der Waals surface area contributed by atoms with E-state index in [2.05, 4.69) is 10.3 Å². The van der Waals surface area contributed by atoms with Crippen LogP contribution in [0.3, 0.4) is 0 Å². The molecule has 9 nitrogen and oxygen atoms in total. The molecule has 1 fully saturated rings. The van der Waals surface area contributed by atoms with E-state index in [9.17, 15) is 14.4 Å². The minimum absolute atomic E-state index is 0.0623. The number of unbranched alkanes of at least 4 members (excludes halogenated alkanes) is 2. The van der Waals surface area contributed by atoms with E-state index in [1.807, 2.05) is 29.2 Å². The van der Waals surface area contributed by atoms with Gasteiger partial charge in [0.2, 0.25) is 17.8 Å². The molecule has 2 amide bonds. The Labute approximate surface area is 191 Å². The molecule has 0 unspecified atom stereocenters. The van der Waals surface area contributed by atoms with Crippen molar-refractivity contribution in [2.45, 2.75) is 32.2 Å².